The molecule has 2 aliphatic rings. The number of rotatable bonds is 8. The Kier molecular flexibility index (Phi) is 6.11. The Balaban J connectivity index is 2.18. The number of carboxylic acid groups (broad SMARTS) is 1. The van der Waals surface area contributed by atoms with E-state index in [-0.39, 0.29) is 17.7 Å². The van der Waals surface area contributed by atoms with Crippen LogP contribution in [-0.2, 0) is 9.59 Å². The van der Waals surface area contributed by atoms with Gasteiger partial charge in [-0.3, -0.25) is 4.79 Å². The van der Waals surface area contributed by atoms with Crippen LogP contribution in [0.25, 0.3) is 0 Å². The third-order valence-electron chi connectivity index (χ3n) is 6.26. The summed E-state index contributed by atoms with van der Waals surface area (Å²) in [6.07, 6.45) is 13.2. The average Bonchev–Trinajstić information content (AvgIpc) is 2.72. The third-order valence-corrected chi connectivity index (χ3v) is 6.26. The molecule has 1 aliphatic heterocycles. The van der Waals surface area contributed by atoms with Gasteiger partial charge in [-0.1, -0.05) is 58.6 Å². The molecule has 4 nitrogen and oxygen atoms in total. The molecular formula is C20H33NO3. The van der Waals surface area contributed by atoms with Crippen LogP contribution in [0.3, 0.4) is 0 Å². The Morgan fingerprint density at radius 2 is 2.08 bits per heavy atom. The van der Waals surface area contributed by atoms with Crippen LogP contribution in [-0.4, -0.2) is 22.5 Å². The van der Waals surface area contributed by atoms with Crippen LogP contribution in [0.5, 0.6) is 0 Å². The lowest BCUT2D eigenvalue weighted by Crippen LogP contribution is -2.58. The first-order chi connectivity index (χ1) is 11.3. The number of nitrogens with one attached hydrogen (secondary N) is 1. The summed E-state index contributed by atoms with van der Waals surface area (Å²) in [6.45, 7) is 6.10. The largest absolute Gasteiger partial charge is 0.479 e. The van der Waals surface area contributed by atoms with Gasteiger partial charge < -0.3 is 10.4 Å². The van der Waals surface area contributed by atoms with Gasteiger partial charge in [-0.25, -0.2) is 4.79 Å². The van der Waals surface area contributed by atoms with Crippen molar-refractivity contribution in [3.8, 4) is 0 Å². The van der Waals surface area contributed by atoms with Crippen molar-refractivity contribution >= 4 is 11.9 Å². The smallest absolute Gasteiger partial charge is 0.330 e. The number of hydrogen-bond donors (Lipinski definition) is 2. The van der Waals surface area contributed by atoms with Crippen molar-refractivity contribution in [3.05, 3.63) is 12.2 Å². The molecule has 1 fully saturated rings. The highest BCUT2D eigenvalue weighted by Crippen LogP contribution is 2.50. The van der Waals surface area contributed by atoms with E-state index in [0.717, 1.165) is 44.9 Å². The molecule has 0 radical (unpaired) electrons. The standard InChI is InChI=1S/C20H33NO3/c1-4-5-6-10-13-16-17(22)21-20(18(23)24,19(16,2)3)14-15-11-8-7-9-12-15/h8,11,15-16H,4-7,9-10,12-14H2,1-3H3,(H,21,22)(H,23,24)/t15-,16+,20+/m1/s1. The van der Waals surface area contributed by atoms with E-state index < -0.39 is 16.9 Å². The molecule has 136 valence electrons. The highest BCUT2D eigenvalue weighted by molar-refractivity contribution is 5.94. The summed E-state index contributed by atoms with van der Waals surface area (Å²) < 4.78 is 0. The summed E-state index contributed by atoms with van der Waals surface area (Å²) >= 11 is 0. The molecule has 1 heterocycles. The molecule has 0 aromatic heterocycles. The zero-order chi connectivity index (χ0) is 17.8. The number of hydrogen-bond acceptors (Lipinski definition) is 2. The van der Waals surface area contributed by atoms with Crippen molar-refractivity contribution in [1.29, 1.82) is 0 Å². The average molecular weight is 335 g/mol. The quantitative estimate of drug-likeness (QED) is 0.513. The Labute approximate surface area is 146 Å². The van der Waals surface area contributed by atoms with E-state index in [4.69, 9.17) is 0 Å². The zero-order valence-electron chi connectivity index (χ0n) is 15.4. The maximum absolute atomic E-state index is 12.6. The van der Waals surface area contributed by atoms with Crippen molar-refractivity contribution < 1.29 is 14.7 Å². The van der Waals surface area contributed by atoms with E-state index in [1.165, 1.54) is 6.42 Å². The maximum Gasteiger partial charge on any atom is 0.330 e. The highest BCUT2D eigenvalue weighted by Gasteiger charge is 2.63. The molecular weight excluding hydrogens is 302 g/mol. The van der Waals surface area contributed by atoms with Gasteiger partial charge in [0.15, 0.2) is 0 Å². The molecule has 1 amide bonds. The van der Waals surface area contributed by atoms with Gasteiger partial charge in [-0.05, 0) is 38.0 Å². The van der Waals surface area contributed by atoms with Gasteiger partial charge in [-0.15, -0.1) is 0 Å². The topological polar surface area (TPSA) is 66.4 Å². The van der Waals surface area contributed by atoms with E-state index in [9.17, 15) is 14.7 Å². The molecule has 1 aliphatic carbocycles. The fourth-order valence-corrected chi connectivity index (χ4v) is 4.53. The molecule has 0 aromatic carbocycles. The van der Waals surface area contributed by atoms with E-state index in [1.807, 2.05) is 13.8 Å². The van der Waals surface area contributed by atoms with E-state index in [2.05, 4.69) is 24.4 Å². The summed E-state index contributed by atoms with van der Waals surface area (Å²) in [5.74, 6) is -0.916. The van der Waals surface area contributed by atoms with Crippen molar-refractivity contribution in [2.45, 2.75) is 84.1 Å². The first-order valence-corrected chi connectivity index (χ1v) is 9.57. The van der Waals surface area contributed by atoms with Gasteiger partial charge >= 0.3 is 5.97 Å². The normalized spacial score (nSPS) is 31.9. The summed E-state index contributed by atoms with van der Waals surface area (Å²) in [4.78, 5) is 24.9. The monoisotopic (exact) mass is 335 g/mol. The van der Waals surface area contributed by atoms with Crippen LogP contribution in [0.4, 0.5) is 0 Å². The zero-order valence-corrected chi connectivity index (χ0v) is 15.4. The highest BCUT2D eigenvalue weighted by atomic mass is 16.4. The second kappa shape index (κ2) is 7.71. The van der Waals surface area contributed by atoms with Crippen LogP contribution < -0.4 is 5.32 Å². The van der Waals surface area contributed by atoms with Gasteiger partial charge in [0.25, 0.3) is 0 Å². The molecule has 0 saturated carbocycles. The van der Waals surface area contributed by atoms with Crippen LogP contribution in [0.1, 0.15) is 78.6 Å². The van der Waals surface area contributed by atoms with E-state index >= 15 is 0 Å². The first-order valence-electron chi connectivity index (χ1n) is 9.57. The summed E-state index contributed by atoms with van der Waals surface area (Å²) in [7, 11) is 0. The minimum atomic E-state index is -1.15. The number of carbonyl (C=O) groups is 2. The van der Waals surface area contributed by atoms with Crippen LogP contribution in [0.2, 0.25) is 0 Å². The number of amides is 1. The molecule has 0 aromatic rings. The fourth-order valence-electron chi connectivity index (χ4n) is 4.53. The Morgan fingerprint density at radius 1 is 1.33 bits per heavy atom. The van der Waals surface area contributed by atoms with Gasteiger partial charge in [0.05, 0.1) is 0 Å². The second-order valence-corrected chi connectivity index (χ2v) is 8.15. The lowest BCUT2D eigenvalue weighted by atomic mass is 9.63. The van der Waals surface area contributed by atoms with Gasteiger partial charge in [-0.2, -0.15) is 0 Å². The molecule has 2 N–H and O–H groups in total. The van der Waals surface area contributed by atoms with Crippen LogP contribution in [0, 0.1) is 17.3 Å². The summed E-state index contributed by atoms with van der Waals surface area (Å²) in [5, 5.41) is 13.0. The number of carbonyl (C=O) groups excluding carboxylic acids is 1. The number of carboxylic acids is 1. The molecule has 3 atom stereocenters. The maximum atomic E-state index is 12.6. The van der Waals surface area contributed by atoms with Gasteiger partial charge in [0.1, 0.15) is 5.54 Å². The second-order valence-electron chi connectivity index (χ2n) is 8.15. The molecule has 0 spiro atoms. The van der Waals surface area contributed by atoms with Gasteiger partial charge in [0, 0.05) is 11.3 Å². The fraction of sp³-hybridized carbons (Fsp3) is 0.800. The predicted molar refractivity (Wildman–Crippen MR) is 95.6 cm³/mol. The number of aliphatic carboxylic acids is 1. The number of unbranched alkanes of at least 4 members (excludes halogenated alkanes) is 3. The molecule has 24 heavy (non-hydrogen) atoms. The van der Waals surface area contributed by atoms with Crippen LogP contribution >= 0.6 is 0 Å². The lowest BCUT2D eigenvalue weighted by molar-refractivity contribution is -0.150. The minimum absolute atomic E-state index is 0.0707. The molecule has 0 unspecified atom stereocenters. The van der Waals surface area contributed by atoms with Gasteiger partial charge in [0.2, 0.25) is 5.91 Å². The first kappa shape index (κ1) is 19.0. The van der Waals surface area contributed by atoms with E-state index in [1.54, 1.807) is 0 Å². The minimum Gasteiger partial charge on any atom is -0.479 e. The lowest BCUT2D eigenvalue weighted by Gasteiger charge is -2.41. The van der Waals surface area contributed by atoms with Crippen LogP contribution in [0.15, 0.2) is 12.2 Å². The summed E-state index contributed by atoms with van der Waals surface area (Å²) in [6, 6.07) is 0. The number of allylic oxidation sites excluding steroid dienone is 2. The van der Waals surface area contributed by atoms with Crippen molar-refractivity contribution in [2.75, 3.05) is 0 Å². The summed E-state index contributed by atoms with van der Waals surface area (Å²) in [5.41, 5.74) is -1.72. The predicted octanol–water partition coefficient (Wildman–Crippen LogP) is 4.30. The molecule has 2 rings (SSSR count). The Bertz CT molecular complexity index is 497. The van der Waals surface area contributed by atoms with Crippen molar-refractivity contribution in [1.82, 2.24) is 5.32 Å². The Hall–Kier alpha value is -1.32. The SMILES string of the molecule is CCCCCC[C@H]1C(=O)N[C@@](C[C@@H]2C=CCCC2)(C(=O)O)C1(C)C. The third kappa shape index (κ3) is 3.52. The molecule has 4 heteroatoms. The molecule has 0 bridgehead atoms. The van der Waals surface area contributed by atoms with Crippen molar-refractivity contribution in [2.24, 2.45) is 17.3 Å². The Morgan fingerprint density at radius 3 is 2.67 bits per heavy atom. The molecule has 1 saturated heterocycles. The van der Waals surface area contributed by atoms with Crippen molar-refractivity contribution in [3.63, 3.8) is 0 Å². The van der Waals surface area contributed by atoms with E-state index in [0.29, 0.717) is 6.42 Å².